The van der Waals surface area contributed by atoms with E-state index in [0.717, 1.165) is 19.0 Å². The summed E-state index contributed by atoms with van der Waals surface area (Å²) >= 11 is 0. The van der Waals surface area contributed by atoms with E-state index >= 15 is 0 Å². The van der Waals surface area contributed by atoms with Crippen molar-refractivity contribution in [3.05, 3.63) is 18.5 Å². The van der Waals surface area contributed by atoms with Gasteiger partial charge in [0.2, 0.25) is 0 Å². The standard InChI is InChI=1S/C20H34N6O4SSi/c1-5-31(28,29)19(16-7-6-9-21-16)25-20(27)24-17-13-22-18-15(23-17)8-10-26(18)14-30-11-12-32(2,3)4/h8,10,13,16,19,21H,5-7,9,11-12,14H2,1-4H3,(H2,23,24,25,27). The average molecular weight is 483 g/mol. The fraction of sp³-hybridized carbons (Fsp3) is 0.650. The number of anilines is 1. The van der Waals surface area contributed by atoms with Gasteiger partial charge in [0.25, 0.3) is 0 Å². The van der Waals surface area contributed by atoms with Crippen molar-refractivity contribution < 1.29 is 17.9 Å². The van der Waals surface area contributed by atoms with Crippen molar-refractivity contribution in [2.24, 2.45) is 0 Å². The van der Waals surface area contributed by atoms with E-state index in [0.29, 0.717) is 30.9 Å². The molecule has 1 saturated heterocycles. The molecule has 0 bridgehead atoms. The lowest BCUT2D eigenvalue weighted by atomic mass is 10.2. The first-order valence-corrected chi connectivity index (χ1v) is 16.4. The first-order chi connectivity index (χ1) is 15.1. The van der Waals surface area contributed by atoms with Crippen LogP contribution in [0.25, 0.3) is 11.2 Å². The van der Waals surface area contributed by atoms with Gasteiger partial charge in [-0.25, -0.2) is 23.2 Å². The molecule has 2 atom stereocenters. The largest absolute Gasteiger partial charge is 0.361 e. The Labute approximate surface area is 190 Å². The van der Waals surface area contributed by atoms with Crippen molar-refractivity contribution >= 4 is 40.9 Å². The summed E-state index contributed by atoms with van der Waals surface area (Å²) in [6.07, 6.45) is 4.88. The van der Waals surface area contributed by atoms with E-state index in [9.17, 15) is 13.2 Å². The van der Waals surface area contributed by atoms with Crippen LogP contribution in [0.5, 0.6) is 0 Å². The molecule has 1 aliphatic heterocycles. The van der Waals surface area contributed by atoms with Crippen LogP contribution in [0.15, 0.2) is 18.5 Å². The predicted octanol–water partition coefficient (Wildman–Crippen LogP) is 2.38. The number of hydrogen-bond acceptors (Lipinski definition) is 7. The number of carbonyl (C=O) groups excluding carboxylic acids is 1. The average Bonchev–Trinajstić information content (AvgIpc) is 3.38. The molecule has 178 valence electrons. The van der Waals surface area contributed by atoms with Crippen LogP contribution < -0.4 is 16.0 Å². The second kappa shape index (κ2) is 10.3. The fourth-order valence-corrected chi connectivity index (χ4v) is 5.67. The molecule has 0 spiro atoms. The van der Waals surface area contributed by atoms with Crippen LogP contribution in [0.1, 0.15) is 19.8 Å². The van der Waals surface area contributed by atoms with Crippen LogP contribution in [0.3, 0.4) is 0 Å². The first kappa shape index (κ1) is 24.6. The highest BCUT2D eigenvalue weighted by Crippen LogP contribution is 2.17. The number of nitrogens with one attached hydrogen (secondary N) is 3. The molecule has 10 nitrogen and oxygen atoms in total. The van der Waals surface area contributed by atoms with E-state index in [1.165, 1.54) is 6.20 Å². The molecule has 2 unspecified atom stereocenters. The van der Waals surface area contributed by atoms with Crippen LogP contribution in [0.2, 0.25) is 25.7 Å². The number of fused-ring (bicyclic) bond motifs is 1. The summed E-state index contributed by atoms with van der Waals surface area (Å²) in [6.45, 7) is 10.3. The third-order valence-electron chi connectivity index (χ3n) is 5.46. The Morgan fingerprint density at radius 2 is 2.19 bits per heavy atom. The quantitative estimate of drug-likeness (QED) is 0.350. The van der Waals surface area contributed by atoms with Gasteiger partial charge in [0.15, 0.2) is 21.3 Å². The van der Waals surface area contributed by atoms with Crippen LogP contribution in [0.4, 0.5) is 10.6 Å². The first-order valence-electron chi connectivity index (χ1n) is 11.0. The van der Waals surface area contributed by atoms with Crippen molar-refractivity contribution in [3.63, 3.8) is 0 Å². The zero-order valence-electron chi connectivity index (χ0n) is 19.2. The second-order valence-corrected chi connectivity index (χ2v) is 17.3. The Hall–Kier alpha value is -2.02. The highest BCUT2D eigenvalue weighted by molar-refractivity contribution is 7.92. The van der Waals surface area contributed by atoms with Crippen LogP contribution in [-0.4, -0.2) is 67.4 Å². The van der Waals surface area contributed by atoms with Crippen LogP contribution >= 0.6 is 0 Å². The van der Waals surface area contributed by atoms with E-state index in [1.807, 2.05) is 10.8 Å². The number of carbonyl (C=O) groups is 1. The zero-order chi connectivity index (χ0) is 23.4. The number of hydrogen-bond donors (Lipinski definition) is 3. The molecule has 1 aliphatic rings. The minimum Gasteiger partial charge on any atom is -0.361 e. The summed E-state index contributed by atoms with van der Waals surface area (Å²) in [7, 11) is -4.61. The van der Waals surface area contributed by atoms with Gasteiger partial charge < -0.3 is 19.9 Å². The maximum Gasteiger partial charge on any atom is 0.321 e. The van der Waals surface area contributed by atoms with Gasteiger partial charge in [-0.1, -0.05) is 26.6 Å². The molecule has 3 heterocycles. The monoisotopic (exact) mass is 482 g/mol. The highest BCUT2D eigenvalue weighted by atomic mass is 32.2. The lowest BCUT2D eigenvalue weighted by Gasteiger charge is -2.24. The van der Waals surface area contributed by atoms with Gasteiger partial charge >= 0.3 is 6.03 Å². The number of nitrogens with zero attached hydrogens (tertiary/aromatic N) is 3. The third-order valence-corrected chi connectivity index (χ3v) is 9.19. The molecule has 32 heavy (non-hydrogen) atoms. The lowest BCUT2D eigenvalue weighted by Crippen LogP contribution is -2.53. The predicted molar refractivity (Wildman–Crippen MR) is 128 cm³/mol. The summed E-state index contributed by atoms with van der Waals surface area (Å²) in [5.41, 5.74) is 1.28. The van der Waals surface area contributed by atoms with E-state index in [4.69, 9.17) is 4.74 Å². The van der Waals surface area contributed by atoms with Crippen LogP contribution in [0, 0.1) is 0 Å². The van der Waals surface area contributed by atoms with E-state index in [-0.39, 0.29) is 17.6 Å². The second-order valence-electron chi connectivity index (χ2n) is 9.27. The van der Waals surface area contributed by atoms with Crippen molar-refractivity contribution in [1.29, 1.82) is 0 Å². The molecule has 0 radical (unpaired) electrons. The smallest absolute Gasteiger partial charge is 0.321 e. The Kier molecular flexibility index (Phi) is 7.91. The Balaban J connectivity index is 1.62. The number of amides is 2. The van der Waals surface area contributed by atoms with E-state index < -0.39 is 29.3 Å². The SMILES string of the molecule is CCS(=O)(=O)C(NC(=O)Nc1cnc2c(ccn2COCC[Si](C)(C)C)n1)C1CCCN1. The minimum absolute atomic E-state index is 0.0462. The maximum atomic E-state index is 12.5. The number of ether oxygens (including phenoxy) is 1. The summed E-state index contributed by atoms with van der Waals surface area (Å²) in [4.78, 5) is 21.4. The molecule has 3 N–H and O–H groups in total. The molecule has 12 heteroatoms. The van der Waals surface area contributed by atoms with Gasteiger partial charge in [-0.3, -0.25) is 5.32 Å². The van der Waals surface area contributed by atoms with Gasteiger partial charge in [-0.15, -0.1) is 0 Å². The van der Waals surface area contributed by atoms with Gasteiger partial charge in [0, 0.05) is 32.7 Å². The number of urea groups is 1. The molecule has 0 aromatic carbocycles. The Morgan fingerprint density at radius 1 is 1.41 bits per heavy atom. The van der Waals surface area contributed by atoms with E-state index in [1.54, 1.807) is 13.0 Å². The van der Waals surface area contributed by atoms with Gasteiger partial charge in [-0.05, 0) is 31.5 Å². The van der Waals surface area contributed by atoms with E-state index in [2.05, 4.69) is 45.6 Å². The summed E-state index contributed by atoms with van der Waals surface area (Å²) in [5, 5.41) is 7.39. The third kappa shape index (κ3) is 6.50. The summed E-state index contributed by atoms with van der Waals surface area (Å²) in [6, 6.07) is 1.98. The van der Waals surface area contributed by atoms with Gasteiger partial charge in [-0.2, -0.15) is 0 Å². The lowest BCUT2D eigenvalue weighted by molar-refractivity contribution is 0.0899. The van der Waals surface area contributed by atoms with Crippen molar-refractivity contribution in [2.75, 3.05) is 24.2 Å². The summed E-state index contributed by atoms with van der Waals surface area (Å²) in [5.74, 6) is 0.203. The molecular weight excluding hydrogens is 448 g/mol. The molecule has 0 aliphatic carbocycles. The summed E-state index contributed by atoms with van der Waals surface area (Å²) < 4.78 is 32.6. The number of sulfone groups is 1. The normalized spacial score (nSPS) is 18.1. The Morgan fingerprint density at radius 3 is 2.84 bits per heavy atom. The molecule has 2 aromatic heterocycles. The minimum atomic E-state index is -3.47. The molecule has 3 rings (SSSR count). The van der Waals surface area contributed by atoms with Crippen LogP contribution in [-0.2, 0) is 21.3 Å². The molecular formula is C20H34N6O4SSi. The molecule has 2 aromatic rings. The number of aromatic nitrogens is 3. The van der Waals surface area contributed by atoms with Crippen molar-refractivity contribution in [1.82, 2.24) is 25.2 Å². The van der Waals surface area contributed by atoms with Crippen molar-refractivity contribution in [3.8, 4) is 0 Å². The van der Waals surface area contributed by atoms with Crippen molar-refractivity contribution in [2.45, 2.75) is 63.6 Å². The Bertz CT molecular complexity index is 1030. The highest BCUT2D eigenvalue weighted by Gasteiger charge is 2.35. The topological polar surface area (TPSA) is 127 Å². The molecule has 1 fully saturated rings. The number of rotatable bonds is 10. The zero-order valence-corrected chi connectivity index (χ0v) is 21.0. The van der Waals surface area contributed by atoms with Gasteiger partial charge in [0.1, 0.15) is 17.6 Å². The molecule has 2 amide bonds. The van der Waals surface area contributed by atoms with Gasteiger partial charge in [0.05, 0.1) is 6.20 Å². The maximum absolute atomic E-state index is 12.5. The molecule has 0 saturated carbocycles. The fourth-order valence-electron chi connectivity index (χ4n) is 3.54.